The van der Waals surface area contributed by atoms with Crippen molar-refractivity contribution in [1.29, 1.82) is 0 Å². The fourth-order valence-electron chi connectivity index (χ4n) is 7.23. The summed E-state index contributed by atoms with van der Waals surface area (Å²) in [6.45, 7) is 3.42. The topological polar surface area (TPSA) is 132 Å². The van der Waals surface area contributed by atoms with Gasteiger partial charge in [0.05, 0.1) is 26.4 Å². The highest BCUT2D eigenvalue weighted by Gasteiger charge is 2.26. The Bertz CT molecular complexity index is 1180. The Morgan fingerprint density at radius 2 is 0.891 bits per heavy atom. The first-order valence-electron chi connectivity index (χ1n) is 26.3. The summed E-state index contributed by atoms with van der Waals surface area (Å²) in [5.74, 6) is -0.386. The Kier molecular flexibility index (Phi) is 49.1. The van der Waals surface area contributed by atoms with Crippen molar-refractivity contribution in [3.05, 3.63) is 60.8 Å². The molecule has 0 radical (unpaired) electrons. The minimum absolute atomic E-state index is 0.0432. The van der Waals surface area contributed by atoms with Gasteiger partial charge in [-0.2, -0.15) is 0 Å². The van der Waals surface area contributed by atoms with E-state index in [4.69, 9.17) is 23.6 Å². The van der Waals surface area contributed by atoms with E-state index in [2.05, 4.69) is 74.6 Å². The second-order valence-electron chi connectivity index (χ2n) is 17.5. The smallest absolute Gasteiger partial charge is 0.457 e. The molecule has 3 unspecified atom stereocenters. The van der Waals surface area contributed by atoms with Crippen LogP contribution in [-0.4, -0.2) is 66.3 Å². The molecule has 374 valence electrons. The molecule has 0 saturated heterocycles. The Hall–Kier alpha value is -1.84. The maximum absolute atomic E-state index is 12.7. The van der Waals surface area contributed by atoms with Gasteiger partial charge < -0.3 is 24.6 Å². The Morgan fingerprint density at radius 1 is 0.500 bits per heavy atom. The second-order valence-corrected chi connectivity index (χ2v) is 19.0. The number of phosphoric ester groups is 1. The lowest BCUT2D eigenvalue weighted by atomic mass is 10.1. The summed E-state index contributed by atoms with van der Waals surface area (Å²) in [6, 6.07) is 0. The van der Waals surface area contributed by atoms with Gasteiger partial charge >= 0.3 is 13.8 Å². The van der Waals surface area contributed by atoms with E-state index in [-0.39, 0.29) is 25.6 Å². The number of rotatable bonds is 50. The van der Waals surface area contributed by atoms with Crippen LogP contribution in [0.15, 0.2) is 60.8 Å². The molecule has 0 amide bonds. The van der Waals surface area contributed by atoms with Gasteiger partial charge in [0.15, 0.2) is 0 Å². The van der Waals surface area contributed by atoms with Crippen LogP contribution in [0.2, 0.25) is 0 Å². The lowest BCUT2D eigenvalue weighted by Crippen LogP contribution is -2.29. The van der Waals surface area contributed by atoms with Crippen LogP contribution in [0, 0.1) is 0 Å². The van der Waals surface area contributed by atoms with Crippen LogP contribution in [-0.2, 0) is 27.9 Å². The predicted molar refractivity (Wildman–Crippen MR) is 270 cm³/mol. The molecule has 0 saturated carbocycles. The lowest BCUT2D eigenvalue weighted by molar-refractivity contribution is -0.154. The van der Waals surface area contributed by atoms with Gasteiger partial charge in [-0.1, -0.05) is 209 Å². The van der Waals surface area contributed by atoms with E-state index in [9.17, 15) is 19.4 Å². The number of ether oxygens (including phenoxy) is 2. The first-order valence-corrected chi connectivity index (χ1v) is 27.8. The number of hydrogen-bond donors (Lipinski definition) is 3. The van der Waals surface area contributed by atoms with Crippen LogP contribution in [0.5, 0.6) is 0 Å². The number of carbonyl (C=O) groups is 1. The van der Waals surface area contributed by atoms with E-state index in [1.165, 1.54) is 141 Å². The highest BCUT2D eigenvalue weighted by molar-refractivity contribution is 7.47. The van der Waals surface area contributed by atoms with Crippen LogP contribution in [0.4, 0.5) is 0 Å². The summed E-state index contributed by atoms with van der Waals surface area (Å²) >= 11 is 0. The van der Waals surface area contributed by atoms with Crippen LogP contribution in [0.25, 0.3) is 0 Å². The van der Waals surface area contributed by atoms with E-state index in [1.54, 1.807) is 0 Å². The van der Waals surface area contributed by atoms with Crippen molar-refractivity contribution in [3.63, 3.8) is 0 Å². The van der Waals surface area contributed by atoms with Gasteiger partial charge in [0.2, 0.25) is 0 Å². The van der Waals surface area contributed by atoms with Crippen molar-refractivity contribution in [3.8, 4) is 0 Å². The molecule has 10 heteroatoms. The van der Waals surface area contributed by atoms with Gasteiger partial charge in [-0.25, -0.2) is 4.57 Å². The monoisotopic (exact) mass is 923 g/mol. The third-order valence-electron chi connectivity index (χ3n) is 11.2. The summed E-state index contributed by atoms with van der Waals surface area (Å²) in [6.07, 6.45) is 60.4. The molecule has 3 N–H and O–H groups in total. The number of phosphoric acid groups is 1. The molecule has 0 aliphatic rings. The molecule has 9 nitrogen and oxygen atoms in total. The van der Waals surface area contributed by atoms with E-state index in [1.807, 2.05) is 0 Å². The molecule has 0 spiro atoms. The second kappa shape index (κ2) is 50.6. The average molecular weight is 923 g/mol. The summed E-state index contributed by atoms with van der Waals surface area (Å²) in [5, 5.41) is 18.4. The van der Waals surface area contributed by atoms with Crippen LogP contribution in [0.1, 0.15) is 232 Å². The van der Waals surface area contributed by atoms with Crippen molar-refractivity contribution >= 4 is 13.8 Å². The Morgan fingerprint density at radius 3 is 1.36 bits per heavy atom. The van der Waals surface area contributed by atoms with Crippen molar-refractivity contribution in [1.82, 2.24) is 0 Å². The zero-order chi connectivity index (χ0) is 46.7. The van der Waals surface area contributed by atoms with E-state index < -0.39 is 33.2 Å². The van der Waals surface area contributed by atoms with E-state index in [0.29, 0.717) is 6.61 Å². The molecule has 0 aromatic heterocycles. The molecule has 0 aromatic carbocycles. The van der Waals surface area contributed by atoms with Crippen LogP contribution in [0.3, 0.4) is 0 Å². The third-order valence-corrected chi connectivity index (χ3v) is 12.1. The van der Waals surface area contributed by atoms with Gasteiger partial charge in [-0.15, -0.1) is 0 Å². The maximum Gasteiger partial charge on any atom is 0.472 e. The van der Waals surface area contributed by atoms with E-state index >= 15 is 0 Å². The summed E-state index contributed by atoms with van der Waals surface area (Å²) in [5.41, 5.74) is 0. The highest BCUT2D eigenvalue weighted by atomic mass is 31.2. The summed E-state index contributed by atoms with van der Waals surface area (Å²) < 4.78 is 33.6. The maximum atomic E-state index is 12.7. The van der Waals surface area contributed by atoms with Crippen LogP contribution >= 0.6 is 7.82 Å². The standard InChI is InChI=1S/C54H99O9P/c1-3-5-7-9-11-13-15-17-19-21-23-25-27-29-31-33-35-37-39-41-43-45-47-60-50-53(51-62-64(58,59)61-49-52(56)48-55)63-54(57)46-44-42-40-38-36-34-32-30-28-26-24-22-20-18-16-14-12-10-8-6-4-2/h5,7,11,13,17,19,22-25,52-53,55-56H,3-4,6,8-10,12,14-16,18,20-21,26-51H2,1-2H3,(H,58,59)/b7-5-,13-11-,19-17-,24-22-,25-23-. The fourth-order valence-corrected chi connectivity index (χ4v) is 8.01. The first kappa shape index (κ1) is 62.2. The minimum atomic E-state index is -4.53. The molecule has 0 aromatic rings. The number of aliphatic hydroxyl groups excluding tert-OH is 2. The Labute approximate surface area is 393 Å². The summed E-state index contributed by atoms with van der Waals surface area (Å²) in [4.78, 5) is 22.7. The molecule has 0 aliphatic carbocycles. The van der Waals surface area contributed by atoms with Crippen molar-refractivity contribution in [2.75, 3.05) is 33.0 Å². The van der Waals surface area contributed by atoms with Gasteiger partial charge in [-0.3, -0.25) is 13.8 Å². The SMILES string of the molecule is CC/C=C\C/C=C\C/C=C\C/C=C\CCCCCCCCCCCOCC(COP(=O)(O)OCC(O)CO)OC(=O)CCCCCCCCCCC/C=C\CCCCCCCCCC. The van der Waals surface area contributed by atoms with E-state index in [0.717, 1.165) is 70.6 Å². The van der Waals surface area contributed by atoms with Crippen molar-refractivity contribution < 1.29 is 43.0 Å². The van der Waals surface area contributed by atoms with Crippen molar-refractivity contribution in [2.24, 2.45) is 0 Å². The molecule has 0 fully saturated rings. The number of esters is 1. The van der Waals surface area contributed by atoms with Gasteiger partial charge in [0, 0.05) is 13.0 Å². The lowest BCUT2D eigenvalue weighted by Gasteiger charge is -2.20. The molecular weight excluding hydrogens is 824 g/mol. The van der Waals surface area contributed by atoms with Crippen LogP contribution < -0.4 is 0 Å². The molecule has 0 rings (SSSR count). The highest BCUT2D eigenvalue weighted by Crippen LogP contribution is 2.43. The largest absolute Gasteiger partial charge is 0.472 e. The number of allylic oxidation sites excluding steroid dienone is 10. The van der Waals surface area contributed by atoms with Crippen molar-refractivity contribution in [2.45, 2.75) is 244 Å². The number of aliphatic hydroxyl groups is 2. The van der Waals surface area contributed by atoms with Gasteiger partial charge in [0.1, 0.15) is 12.2 Å². The first-order chi connectivity index (χ1) is 31.3. The van der Waals surface area contributed by atoms with Gasteiger partial charge in [0.25, 0.3) is 0 Å². The molecular formula is C54H99O9P. The number of unbranched alkanes of at least 4 members (excludes halogenated alkanes) is 26. The fraction of sp³-hybridized carbons (Fsp3) is 0.796. The molecule has 3 atom stereocenters. The summed E-state index contributed by atoms with van der Waals surface area (Å²) in [7, 11) is -4.53. The normalized spacial score (nSPS) is 14.3. The predicted octanol–water partition coefficient (Wildman–Crippen LogP) is 15.5. The molecule has 0 bridgehead atoms. The zero-order valence-corrected chi connectivity index (χ0v) is 42.1. The number of hydrogen-bond acceptors (Lipinski definition) is 8. The Balaban J connectivity index is 4.08. The van der Waals surface area contributed by atoms with Gasteiger partial charge in [-0.05, 0) is 77.0 Å². The molecule has 64 heavy (non-hydrogen) atoms. The third kappa shape index (κ3) is 49.6. The minimum Gasteiger partial charge on any atom is -0.457 e. The number of carbonyl (C=O) groups excluding carboxylic acids is 1. The average Bonchev–Trinajstić information content (AvgIpc) is 3.29. The zero-order valence-electron chi connectivity index (χ0n) is 41.2. The molecule has 0 heterocycles. The quantitative estimate of drug-likeness (QED) is 0.0236. The molecule has 0 aliphatic heterocycles.